The van der Waals surface area contributed by atoms with Crippen molar-refractivity contribution in [2.24, 2.45) is 5.73 Å². The lowest BCUT2D eigenvalue weighted by atomic mass is 9.87. The lowest BCUT2D eigenvalue weighted by molar-refractivity contribution is 0.0910. The van der Waals surface area contributed by atoms with Gasteiger partial charge in [0.05, 0.1) is 0 Å². The van der Waals surface area contributed by atoms with E-state index in [4.69, 9.17) is 5.73 Å². The zero-order valence-electron chi connectivity index (χ0n) is 8.24. The van der Waals surface area contributed by atoms with E-state index in [0.717, 1.165) is 17.3 Å². The second kappa shape index (κ2) is 4.33. The van der Waals surface area contributed by atoms with Gasteiger partial charge in [0.25, 0.3) is 5.91 Å². The van der Waals surface area contributed by atoms with Crippen LogP contribution in [-0.4, -0.2) is 18.0 Å². The Morgan fingerprint density at radius 2 is 2.20 bits per heavy atom. The molecule has 1 aliphatic carbocycles. The molecule has 0 heterocycles. The predicted octanol–water partition coefficient (Wildman–Crippen LogP) is 1.67. The minimum atomic E-state index is -0.0202. The fraction of sp³-hybridized carbons (Fsp3) is 0.364. The van der Waals surface area contributed by atoms with Gasteiger partial charge in [-0.05, 0) is 31.0 Å². The zero-order chi connectivity index (χ0) is 10.8. The van der Waals surface area contributed by atoms with Gasteiger partial charge in [-0.15, -0.1) is 0 Å². The van der Waals surface area contributed by atoms with Crippen LogP contribution < -0.4 is 11.1 Å². The first kappa shape index (κ1) is 10.6. The number of carbonyl (C=O) groups is 1. The van der Waals surface area contributed by atoms with E-state index in [2.05, 4.69) is 21.2 Å². The molecule has 0 spiro atoms. The van der Waals surface area contributed by atoms with Gasteiger partial charge >= 0.3 is 0 Å². The molecule has 80 valence electrons. The summed E-state index contributed by atoms with van der Waals surface area (Å²) in [7, 11) is 0. The second-order valence-corrected chi connectivity index (χ2v) is 4.83. The normalized spacial score (nSPS) is 24.4. The maximum atomic E-state index is 11.7. The van der Waals surface area contributed by atoms with Crippen molar-refractivity contribution < 1.29 is 4.79 Å². The van der Waals surface area contributed by atoms with Crippen LogP contribution in [0.3, 0.4) is 0 Å². The number of nitrogens with two attached hydrogens (primary N) is 1. The average Bonchev–Trinajstić information content (AvgIpc) is 2.15. The molecule has 0 aromatic heterocycles. The number of nitrogens with one attached hydrogen (secondary N) is 1. The quantitative estimate of drug-likeness (QED) is 0.858. The number of halogens is 1. The molecule has 4 heteroatoms. The summed E-state index contributed by atoms with van der Waals surface area (Å²) in [5.74, 6) is -0.0202. The maximum Gasteiger partial charge on any atom is 0.251 e. The van der Waals surface area contributed by atoms with Crippen LogP contribution in [0, 0.1) is 0 Å². The number of hydrogen-bond acceptors (Lipinski definition) is 2. The van der Waals surface area contributed by atoms with Crippen molar-refractivity contribution in [3.63, 3.8) is 0 Å². The van der Waals surface area contributed by atoms with Gasteiger partial charge in [0, 0.05) is 22.1 Å². The van der Waals surface area contributed by atoms with E-state index in [-0.39, 0.29) is 18.0 Å². The van der Waals surface area contributed by atoms with Crippen LogP contribution in [0.25, 0.3) is 0 Å². The van der Waals surface area contributed by atoms with Crippen molar-refractivity contribution in [1.82, 2.24) is 5.32 Å². The summed E-state index contributed by atoms with van der Waals surface area (Å²) in [5, 5.41) is 2.95. The number of rotatable bonds is 2. The Morgan fingerprint density at radius 3 is 2.80 bits per heavy atom. The molecule has 0 atom stereocenters. The maximum absolute atomic E-state index is 11.7. The molecule has 0 unspecified atom stereocenters. The summed E-state index contributed by atoms with van der Waals surface area (Å²) in [4.78, 5) is 11.7. The van der Waals surface area contributed by atoms with E-state index in [9.17, 15) is 4.79 Å². The molecule has 0 aliphatic heterocycles. The van der Waals surface area contributed by atoms with Gasteiger partial charge in [-0.1, -0.05) is 22.0 Å². The highest BCUT2D eigenvalue weighted by atomic mass is 79.9. The smallest absolute Gasteiger partial charge is 0.251 e. The van der Waals surface area contributed by atoms with E-state index in [1.807, 2.05) is 18.2 Å². The molecule has 2 rings (SSSR count). The Hall–Kier alpha value is -0.870. The minimum Gasteiger partial charge on any atom is -0.349 e. The number of benzene rings is 1. The van der Waals surface area contributed by atoms with Crippen molar-refractivity contribution in [3.8, 4) is 0 Å². The monoisotopic (exact) mass is 268 g/mol. The topological polar surface area (TPSA) is 55.1 Å². The predicted molar refractivity (Wildman–Crippen MR) is 62.6 cm³/mol. The largest absolute Gasteiger partial charge is 0.349 e. The van der Waals surface area contributed by atoms with Crippen LogP contribution in [0.15, 0.2) is 28.7 Å². The summed E-state index contributed by atoms with van der Waals surface area (Å²) >= 11 is 3.34. The second-order valence-electron chi connectivity index (χ2n) is 3.91. The van der Waals surface area contributed by atoms with Crippen LogP contribution in [0.2, 0.25) is 0 Å². The van der Waals surface area contributed by atoms with Gasteiger partial charge in [-0.25, -0.2) is 0 Å². The van der Waals surface area contributed by atoms with Gasteiger partial charge in [-0.3, -0.25) is 4.79 Å². The Kier molecular flexibility index (Phi) is 3.07. The highest BCUT2D eigenvalue weighted by Gasteiger charge is 2.27. The molecule has 0 radical (unpaired) electrons. The fourth-order valence-electron chi connectivity index (χ4n) is 1.68. The van der Waals surface area contributed by atoms with Crippen molar-refractivity contribution >= 4 is 21.8 Å². The number of amides is 1. The van der Waals surface area contributed by atoms with Crippen LogP contribution in [0.1, 0.15) is 23.2 Å². The van der Waals surface area contributed by atoms with Gasteiger partial charge in [0.2, 0.25) is 0 Å². The Balaban J connectivity index is 1.96. The van der Waals surface area contributed by atoms with Gasteiger partial charge in [-0.2, -0.15) is 0 Å². The fourth-order valence-corrected chi connectivity index (χ4v) is 2.08. The lowest BCUT2D eigenvalue weighted by Crippen LogP contribution is -2.50. The summed E-state index contributed by atoms with van der Waals surface area (Å²) in [6.07, 6.45) is 1.78. The molecule has 1 aromatic carbocycles. The third-order valence-corrected chi connectivity index (χ3v) is 3.09. The summed E-state index contributed by atoms with van der Waals surface area (Å²) < 4.78 is 0.917. The molecule has 1 fully saturated rings. The van der Waals surface area contributed by atoms with Crippen molar-refractivity contribution in [2.75, 3.05) is 0 Å². The van der Waals surface area contributed by atoms with Crippen LogP contribution in [0.5, 0.6) is 0 Å². The molecule has 15 heavy (non-hydrogen) atoms. The summed E-state index contributed by atoms with van der Waals surface area (Å²) in [6.45, 7) is 0. The molecule has 3 nitrogen and oxygen atoms in total. The van der Waals surface area contributed by atoms with Gasteiger partial charge in [0.1, 0.15) is 0 Å². The van der Waals surface area contributed by atoms with Gasteiger partial charge in [0.15, 0.2) is 0 Å². The van der Waals surface area contributed by atoms with Crippen LogP contribution in [0.4, 0.5) is 0 Å². The van der Waals surface area contributed by atoms with E-state index in [1.165, 1.54) is 0 Å². The molecule has 1 aliphatic rings. The molecule has 0 bridgehead atoms. The molecule has 1 amide bonds. The summed E-state index contributed by atoms with van der Waals surface area (Å²) in [5.41, 5.74) is 6.33. The van der Waals surface area contributed by atoms with Crippen molar-refractivity contribution in [2.45, 2.75) is 24.9 Å². The Labute approximate surface area is 97.2 Å². The third kappa shape index (κ3) is 2.58. The Bertz CT molecular complexity index is 375. The van der Waals surface area contributed by atoms with E-state index in [1.54, 1.807) is 6.07 Å². The zero-order valence-corrected chi connectivity index (χ0v) is 9.83. The first-order chi connectivity index (χ1) is 7.15. The molecule has 3 N–H and O–H groups in total. The average molecular weight is 269 g/mol. The molecule has 0 saturated heterocycles. The van der Waals surface area contributed by atoms with E-state index in [0.29, 0.717) is 5.56 Å². The van der Waals surface area contributed by atoms with Crippen molar-refractivity contribution in [1.29, 1.82) is 0 Å². The standard InChI is InChI=1S/C11H13BrN2O/c12-8-3-1-2-7(4-8)11(15)14-10-5-9(13)6-10/h1-4,9-10H,5-6,13H2,(H,14,15). The van der Waals surface area contributed by atoms with Gasteiger partial charge < -0.3 is 11.1 Å². The first-order valence-corrected chi connectivity index (χ1v) is 5.76. The first-order valence-electron chi connectivity index (χ1n) is 4.97. The number of carbonyl (C=O) groups excluding carboxylic acids is 1. The Morgan fingerprint density at radius 1 is 1.47 bits per heavy atom. The molecular weight excluding hydrogens is 256 g/mol. The lowest BCUT2D eigenvalue weighted by Gasteiger charge is -2.32. The minimum absolute atomic E-state index is 0.0202. The highest BCUT2D eigenvalue weighted by molar-refractivity contribution is 9.10. The van der Waals surface area contributed by atoms with E-state index < -0.39 is 0 Å². The third-order valence-electron chi connectivity index (χ3n) is 2.60. The van der Waals surface area contributed by atoms with Crippen LogP contribution >= 0.6 is 15.9 Å². The SMILES string of the molecule is NC1CC(NC(=O)c2cccc(Br)c2)C1. The van der Waals surface area contributed by atoms with Crippen molar-refractivity contribution in [3.05, 3.63) is 34.3 Å². The highest BCUT2D eigenvalue weighted by Crippen LogP contribution is 2.18. The summed E-state index contributed by atoms with van der Waals surface area (Å²) in [6, 6.07) is 7.89. The molecule has 1 aromatic rings. The van der Waals surface area contributed by atoms with Crippen LogP contribution in [-0.2, 0) is 0 Å². The number of hydrogen-bond donors (Lipinski definition) is 2. The molecule has 1 saturated carbocycles. The molecular formula is C11H13BrN2O. The van der Waals surface area contributed by atoms with E-state index >= 15 is 0 Å².